The molecular formula is C11H13NO7. The minimum atomic E-state index is -1.01. The molecule has 8 heteroatoms. The van der Waals surface area contributed by atoms with Gasteiger partial charge in [0.05, 0.1) is 12.2 Å². The van der Waals surface area contributed by atoms with Gasteiger partial charge in [0.2, 0.25) is 11.8 Å². The van der Waals surface area contributed by atoms with Crippen LogP contribution in [0.25, 0.3) is 0 Å². The molecule has 0 amide bonds. The number of rotatable bonds is 2. The third-order valence-corrected chi connectivity index (χ3v) is 3.20. The lowest BCUT2D eigenvalue weighted by Gasteiger charge is -2.13. The number of nitrogens with zero attached hydrogens (tertiary/aromatic N) is 1. The largest absolute Gasteiger partial charge is 0.534 e. The molecule has 3 rings (SSSR count). The summed E-state index contributed by atoms with van der Waals surface area (Å²) in [5, 5.41) is 18.6. The molecule has 2 unspecified atom stereocenters. The number of carbonyl (C=O) groups excluding carboxylic acids is 1. The van der Waals surface area contributed by atoms with Crippen molar-refractivity contribution in [3.8, 4) is 11.8 Å². The second-order valence-electron chi connectivity index (χ2n) is 4.42. The number of carbonyl (C=O) groups is 1. The monoisotopic (exact) mass is 271 g/mol. The van der Waals surface area contributed by atoms with E-state index in [0.717, 1.165) is 0 Å². The lowest BCUT2D eigenvalue weighted by atomic mass is 10.3. The Hall–Kier alpha value is -1.93. The molecule has 2 aliphatic rings. The zero-order valence-corrected chi connectivity index (χ0v) is 9.89. The summed E-state index contributed by atoms with van der Waals surface area (Å²) < 4.78 is 16.2. The first-order valence-electron chi connectivity index (χ1n) is 5.85. The maximum absolute atomic E-state index is 11.5. The van der Waals surface area contributed by atoms with Gasteiger partial charge in [0.25, 0.3) is 0 Å². The zero-order chi connectivity index (χ0) is 13.4. The van der Waals surface area contributed by atoms with Crippen molar-refractivity contribution in [3.63, 3.8) is 0 Å². The fraction of sp³-hybridized carbons (Fsp3) is 0.545. The van der Waals surface area contributed by atoms with Crippen LogP contribution in [0.4, 0.5) is 4.79 Å². The first kappa shape index (κ1) is 12.1. The van der Waals surface area contributed by atoms with Gasteiger partial charge in [0, 0.05) is 25.0 Å². The minimum Gasteiger partial charge on any atom is -0.492 e. The number of aromatic nitrogens is 1. The van der Waals surface area contributed by atoms with Crippen LogP contribution >= 0.6 is 0 Å². The maximum Gasteiger partial charge on any atom is 0.534 e. The zero-order valence-electron chi connectivity index (χ0n) is 9.89. The van der Waals surface area contributed by atoms with Gasteiger partial charge in [-0.15, -0.1) is 4.73 Å². The number of aromatic hydroxyl groups is 2. The van der Waals surface area contributed by atoms with E-state index in [4.69, 9.17) is 14.2 Å². The van der Waals surface area contributed by atoms with Crippen LogP contribution in [-0.2, 0) is 14.2 Å². The van der Waals surface area contributed by atoms with E-state index >= 15 is 0 Å². The molecule has 1 saturated carbocycles. The van der Waals surface area contributed by atoms with Gasteiger partial charge in [0.15, 0.2) is 0 Å². The number of fused-ring (bicyclic) bond motifs is 1. The van der Waals surface area contributed by atoms with E-state index in [0.29, 0.717) is 17.6 Å². The Labute approximate surface area is 108 Å². The van der Waals surface area contributed by atoms with E-state index in [1.54, 1.807) is 0 Å². The van der Waals surface area contributed by atoms with E-state index in [-0.39, 0.29) is 25.1 Å². The molecule has 1 aliphatic carbocycles. The van der Waals surface area contributed by atoms with Gasteiger partial charge < -0.3 is 24.4 Å². The Bertz CT molecular complexity index is 454. The van der Waals surface area contributed by atoms with Gasteiger partial charge in [-0.2, -0.15) is 0 Å². The molecule has 0 radical (unpaired) electrons. The van der Waals surface area contributed by atoms with E-state index in [1.807, 2.05) is 0 Å². The number of hydrogen-bond donors (Lipinski definition) is 2. The Morgan fingerprint density at radius 1 is 1.21 bits per heavy atom. The van der Waals surface area contributed by atoms with Crippen LogP contribution in [0.2, 0.25) is 0 Å². The van der Waals surface area contributed by atoms with Crippen molar-refractivity contribution in [1.82, 2.24) is 4.73 Å². The molecule has 104 valence electrons. The quantitative estimate of drug-likeness (QED) is 0.749. The average Bonchev–Trinajstić information content (AvgIpc) is 2.99. The molecule has 1 aromatic heterocycles. The molecule has 2 N–H and O–H groups in total. The van der Waals surface area contributed by atoms with Crippen molar-refractivity contribution < 1.29 is 34.1 Å². The van der Waals surface area contributed by atoms with E-state index < -0.39 is 17.9 Å². The van der Waals surface area contributed by atoms with Crippen molar-refractivity contribution in [2.75, 3.05) is 6.79 Å². The third-order valence-electron chi connectivity index (χ3n) is 3.20. The van der Waals surface area contributed by atoms with Gasteiger partial charge in [-0.05, 0) is 0 Å². The second kappa shape index (κ2) is 4.63. The number of hydrogen-bond acceptors (Lipinski definition) is 7. The molecule has 2 fully saturated rings. The Kier molecular flexibility index (Phi) is 2.96. The Balaban J connectivity index is 1.55. The van der Waals surface area contributed by atoms with Gasteiger partial charge in [-0.1, -0.05) is 0 Å². The first-order valence-corrected chi connectivity index (χ1v) is 5.85. The van der Waals surface area contributed by atoms with Crippen LogP contribution in [0.5, 0.6) is 11.8 Å². The summed E-state index contributed by atoms with van der Waals surface area (Å²) in [6.45, 7) is 0.275. The van der Waals surface area contributed by atoms with Crippen LogP contribution in [0.15, 0.2) is 12.1 Å². The average molecular weight is 271 g/mol. The third kappa shape index (κ3) is 2.32. The van der Waals surface area contributed by atoms with Crippen molar-refractivity contribution in [2.24, 2.45) is 0 Å². The molecular weight excluding hydrogens is 258 g/mol. The summed E-state index contributed by atoms with van der Waals surface area (Å²) in [6, 6.07) is 2.37. The lowest BCUT2D eigenvalue weighted by molar-refractivity contribution is -0.0195. The number of ether oxygens (including phenoxy) is 3. The van der Waals surface area contributed by atoms with Crippen LogP contribution in [-0.4, -0.2) is 46.2 Å². The van der Waals surface area contributed by atoms with Crippen molar-refractivity contribution in [1.29, 1.82) is 0 Å². The minimum absolute atomic E-state index is 0.0498. The molecule has 0 bridgehead atoms. The predicted molar refractivity (Wildman–Crippen MR) is 58.5 cm³/mol. The molecule has 1 aliphatic heterocycles. The predicted octanol–water partition coefficient (Wildman–Crippen LogP) is 0.368. The van der Waals surface area contributed by atoms with E-state index in [1.165, 1.54) is 12.1 Å². The van der Waals surface area contributed by atoms with Crippen molar-refractivity contribution >= 4 is 6.16 Å². The van der Waals surface area contributed by atoms with Crippen LogP contribution in [0.3, 0.4) is 0 Å². The fourth-order valence-corrected chi connectivity index (χ4v) is 2.31. The highest BCUT2D eigenvalue weighted by molar-refractivity contribution is 5.61. The van der Waals surface area contributed by atoms with E-state index in [2.05, 4.69) is 4.84 Å². The maximum atomic E-state index is 11.5. The molecule has 8 nitrogen and oxygen atoms in total. The Morgan fingerprint density at radius 3 is 2.37 bits per heavy atom. The first-order chi connectivity index (χ1) is 9.13. The molecule has 2 heterocycles. The van der Waals surface area contributed by atoms with Gasteiger partial charge in [-0.3, -0.25) is 4.84 Å². The Morgan fingerprint density at radius 2 is 1.79 bits per heavy atom. The molecule has 1 aromatic rings. The summed E-state index contributed by atoms with van der Waals surface area (Å²) in [4.78, 5) is 16.2. The summed E-state index contributed by atoms with van der Waals surface area (Å²) >= 11 is 0. The molecule has 1 saturated heterocycles. The van der Waals surface area contributed by atoms with Gasteiger partial charge in [0.1, 0.15) is 12.9 Å². The summed E-state index contributed by atoms with van der Waals surface area (Å²) in [7, 11) is 0. The van der Waals surface area contributed by atoms with Crippen LogP contribution in [0, 0.1) is 0 Å². The SMILES string of the molecule is O=C(OC1CC2OCO[C@@H]2C1)On1c(O)ccc1O. The smallest absolute Gasteiger partial charge is 0.492 e. The van der Waals surface area contributed by atoms with Crippen LogP contribution < -0.4 is 4.84 Å². The molecule has 0 spiro atoms. The van der Waals surface area contributed by atoms with E-state index in [9.17, 15) is 15.0 Å². The highest BCUT2D eigenvalue weighted by atomic mass is 16.8. The summed E-state index contributed by atoms with van der Waals surface area (Å²) in [5.41, 5.74) is 0. The van der Waals surface area contributed by atoms with Crippen molar-refractivity contribution in [3.05, 3.63) is 12.1 Å². The molecule has 0 aromatic carbocycles. The molecule has 19 heavy (non-hydrogen) atoms. The van der Waals surface area contributed by atoms with Crippen molar-refractivity contribution in [2.45, 2.75) is 31.2 Å². The van der Waals surface area contributed by atoms with Gasteiger partial charge in [-0.25, -0.2) is 4.79 Å². The van der Waals surface area contributed by atoms with Gasteiger partial charge >= 0.3 is 6.16 Å². The lowest BCUT2D eigenvalue weighted by Crippen LogP contribution is -2.25. The van der Waals surface area contributed by atoms with Crippen LogP contribution in [0.1, 0.15) is 12.8 Å². The normalized spacial score (nSPS) is 29.2. The topological polar surface area (TPSA) is 99.4 Å². The highest BCUT2D eigenvalue weighted by Crippen LogP contribution is 2.31. The molecule has 3 atom stereocenters. The fourth-order valence-electron chi connectivity index (χ4n) is 2.31. The summed E-state index contributed by atoms with van der Waals surface area (Å²) in [6.07, 6.45) is -0.376. The second-order valence-corrected chi connectivity index (χ2v) is 4.42. The highest BCUT2D eigenvalue weighted by Gasteiger charge is 2.41. The summed E-state index contributed by atoms with van der Waals surface area (Å²) in [5.74, 6) is -0.797. The standard InChI is InChI=1S/C11H13NO7/c13-9-1-2-10(14)12(9)19-11(15)18-6-3-7-8(4-6)17-5-16-7/h1-2,6-8,13-14H,3-5H2/t6?,7-,8?/m1/s1.